The molecule has 1 aromatic rings. The highest BCUT2D eigenvalue weighted by atomic mass is 16.2. The van der Waals surface area contributed by atoms with Crippen LogP contribution in [0.2, 0.25) is 0 Å². The number of carbonyl (C=O) groups excluding carboxylic acids is 1. The van der Waals surface area contributed by atoms with Gasteiger partial charge in [-0.25, -0.2) is 4.98 Å². The Bertz CT molecular complexity index is 589. The molecule has 6 nitrogen and oxygen atoms in total. The summed E-state index contributed by atoms with van der Waals surface area (Å²) in [5.41, 5.74) is 8.04. The normalized spacial score (nSPS) is 22.0. The minimum Gasteiger partial charge on any atom is -0.368 e. The highest BCUT2D eigenvalue weighted by Crippen LogP contribution is 2.28. The van der Waals surface area contributed by atoms with E-state index in [2.05, 4.69) is 21.8 Å². The maximum absolute atomic E-state index is 11.9. The topological polar surface area (TPSA) is 75.3 Å². The first-order valence-corrected chi connectivity index (χ1v) is 8.74. The van der Waals surface area contributed by atoms with Crippen LogP contribution in [-0.2, 0) is 11.2 Å². The molecule has 1 amide bonds. The number of aryl methyl sites for hydroxylation is 1. The highest BCUT2D eigenvalue weighted by molar-refractivity contribution is 5.78. The van der Waals surface area contributed by atoms with Gasteiger partial charge in [0.25, 0.3) is 0 Å². The average molecular weight is 317 g/mol. The van der Waals surface area contributed by atoms with Crippen LogP contribution in [0.1, 0.15) is 43.9 Å². The standard InChI is InChI=1S/C17H27N5O/c1-3-14-12(2)19-17(18)20-16(14)22-9-4-6-13(11-22)10-21-8-5-7-15(21)23/h13H,3-11H2,1-2H3,(H2,18,19,20)/t13-/m0/s1. The Morgan fingerprint density at radius 3 is 2.78 bits per heavy atom. The molecule has 126 valence electrons. The summed E-state index contributed by atoms with van der Waals surface area (Å²) in [4.78, 5) is 25.1. The third-order valence-electron chi connectivity index (χ3n) is 5.03. The van der Waals surface area contributed by atoms with Crippen molar-refractivity contribution in [3.05, 3.63) is 11.3 Å². The maximum Gasteiger partial charge on any atom is 0.222 e. The van der Waals surface area contributed by atoms with Crippen LogP contribution in [0.4, 0.5) is 11.8 Å². The van der Waals surface area contributed by atoms with Gasteiger partial charge in [-0.15, -0.1) is 0 Å². The first-order valence-electron chi connectivity index (χ1n) is 8.74. The number of nitrogens with zero attached hydrogens (tertiary/aromatic N) is 4. The molecule has 1 atom stereocenters. The van der Waals surface area contributed by atoms with Crippen LogP contribution in [0.5, 0.6) is 0 Å². The summed E-state index contributed by atoms with van der Waals surface area (Å²) in [7, 11) is 0. The van der Waals surface area contributed by atoms with Crippen LogP contribution in [0.3, 0.4) is 0 Å². The molecule has 0 radical (unpaired) electrons. The molecule has 0 spiro atoms. The van der Waals surface area contributed by atoms with Crippen molar-refractivity contribution in [2.75, 3.05) is 36.8 Å². The predicted octanol–water partition coefficient (Wildman–Crippen LogP) is 1.77. The van der Waals surface area contributed by atoms with Crippen LogP contribution >= 0.6 is 0 Å². The molecule has 2 N–H and O–H groups in total. The third kappa shape index (κ3) is 3.41. The van der Waals surface area contributed by atoms with E-state index in [0.29, 0.717) is 17.8 Å². The van der Waals surface area contributed by atoms with Crippen LogP contribution in [0, 0.1) is 12.8 Å². The lowest BCUT2D eigenvalue weighted by atomic mass is 9.96. The van der Waals surface area contributed by atoms with Gasteiger partial charge in [-0.2, -0.15) is 4.98 Å². The fourth-order valence-electron chi connectivity index (χ4n) is 3.89. The Balaban J connectivity index is 1.74. The summed E-state index contributed by atoms with van der Waals surface area (Å²) in [6.45, 7) is 7.91. The molecule has 2 aliphatic heterocycles. The number of amides is 1. The van der Waals surface area contributed by atoms with Gasteiger partial charge in [0, 0.05) is 43.9 Å². The molecule has 0 unspecified atom stereocenters. The van der Waals surface area contributed by atoms with E-state index in [0.717, 1.165) is 63.4 Å². The molecule has 0 bridgehead atoms. The van der Waals surface area contributed by atoms with Crippen molar-refractivity contribution in [3.8, 4) is 0 Å². The summed E-state index contributed by atoms with van der Waals surface area (Å²) >= 11 is 0. The predicted molar refractivity (Wildman–Crippen MR) is 91.3 cm³/mol. The summed E-state index contributed by atoms with van der Waals surface area (Å²) < 4.78 is 0. The lowest BCUT2D eigenvalue weighted by molar-refractivity contribution is -0.128. The Labute approximate surface area is 138 Å². The van der Waals surface area contributed by atoms with Crippen molar-refractivity contribution >= 4 is 17.7 Å². The number of piperidine rings is 1. The minimum atomic E-state index is 0.318. The highest BCUT2D eigenvalue weighted by Gasteiger charge is 2.28. The Hall–Kier alpha value is -1.85. The van der Waals surface area contributed by atoms with E-state index in [9.17, 15) is 4.79 Å². The van der Waals surface area contributed by atoms with Crippen LogP contribution in [-0.4, -0.2) is 47.0 Å². The fraction of sp³-hybridized carbons (Fsp3) is 0.706. The molecule has 3 rings (SSSR count). The van der Waals surface area contributed by atoms with Crippen molar-refractivity contribution < 1.29 is 4.79 Å². The number of nitrogens with two attached hydrogens (primary N) is 1. The second-order valence-corrected chi connectivity index (χ2v) is 6.72. The zero-order valence-corrected chi connectivity index (χ0v) is 14.2. The molecule has 2 fully saturated rings. The number of hydrogen-bond acceptors (Lipinski definition) is 5. The summed E-state index contributed by atoms with van der Waals surface area (Å²) in [5.74, 6) is 2.19. The zero-order valence-electron chi connectivity index (χ0n) is 14.2. The largest absolute Gasteiger partial charge is 0.368 e. The van der Waals surface area contributed by atoms with E-state index in [-0.39, 0.29) is 0 Å². The minimum absolute atomic E-state index is 0.318. The van der Waals surface area contributed by atoms with Crippen molar-refractivity contribution in [3.63, 3.8) is 0 Å². The summed E-state index contributed by atoms with van der Waals surface area (Å²) in [6.07, 6.45) is 4.96. The zero-order chi connectivity index (χ0) is 16.4. The van der Waals surface area contributed by atoms with Gasteiger partial charge in [-0.05, 0) is 38.5 Å². The molecule has 0 aromatic carbocycles. The number of aromatic nitrogens is 2. The van der Waals surface area contributed by atoms with Crippen LogP contribution in [0.25, 0.3) is 0 Å². The van der Waals surface area contributed by atoms with E-state index < -0.39 is 0 Å². The fourth-order valence-corrected chi connectivity index (χ4v) is 3.89. The lowest BCUT2D eigenvalue weighted by Crippen LogP contribution is -2.42. The third-order valence-corrected chi connectivity index (χ3v) is 5.03. The van der Waals surface area contributed by atoms with Gasteiger partial charge in [0.15, 0.2) is 0 Å². The van der Waals surface area contributed by atoms with Gasteiger partial charge < -0.3 is 15.5 Å². The number of rotatable bonds is 4. The Kier molecular flexibility index (Phi) is 4.68. The molecule has 0 aliphatic carbocycles. The maximum atomic E-state index is 11.9. The monoisotopic (exact) mass is 317 g/mol. The SMILES string of the molecule is CCc1c(C)nc(N)nc1N1CCC[C@@H](CN2CCCC2=O)C1. The van der Waals surface area contributed by atoms with E-state index in [1.807, 2.05) is 11.8 Å². The van der Waals surface area contributed by atoms with Crippen LogP contribution < -0.4 is 10.6 Å². The number of carbonyl (C=O) groups is 1. The van der Waals surface area contributed by atoms with Gasteiger partial charge >= 0.3 is 0 Å². The molecular formula is C17H27N5O. The van der Waals surface area contributed by atoms with E-state index in [1.54, 1.807) is 0 Å². The van der Waals surface area contributed by atoms with Gasteiger partial charge in [-0.1, -0.05) is 6.92 Å². The molecular weight excluding hydrogens is 290 g/mol. The van der Waals surface area contributed by atoms with E-state index in [4.69, 9.17) is 5.73 Å². The molecule has 3 heterocycles. The smallest absolute Gasteiger partial charge is 0.222 e. The molecule has 2 aliphatic rings. The van der Waals surface area contributed by atoms with Crippen molar-refractivity contribution in [1.82, 2.24) is 14.9 Å². The number of hydrogen-bond donors (Lipinski definition) is 1. The number of likely N-dealkylation sites (tertiary alicyclic amines) is 1. The van der Waals surface area contributed by atoms with E-state index in [1.165, 1.54) is 12.0 Å². The number of nitrogen functional groups attached to an aromatic ring is 1. The number of anilines is 2. The Morgan fingerprint density at radius 1 is 1.26 bits per heavy atom. The second-order valence-electron chi connectivity index (χ2n) is 6.72. The lowest BCUT2D eigenvalue weighted by Gasteiger charge is -2.36. The van der Waals surface area contributed by atoms with Gasteiger partial charge in [-0.3, -0.25) is 4.79 Å². The quantitative estimate of drug-likeness (QED) is 0.916. The average Bonchev–Trinajstić information content (AvgIpc) is 2.92. The first-order chi connectivity index (χ1) is 11.1. The summed E-state index contributed by atoms with van der Waals surface area (Å²) in [5, 5.41) is 0. The van der Waals surface area contributed by atoms with Crippen molar-refractivity contribution in [2.24, 2.45) is 5.92 Å². The molecule has 23 heavy (non-hydrogen) atoms. The van der Waals surface area contributed by atoms with Gasteiger partial charge in [0.1, 0.15) is 5.82 Å². The molecule has 1 aromatic heterocycles. The molecule has 0 saturated carbocycles. The van der Waals surface area contributed by atoms with Crippen LogP contribution in [0.15, 0.2) is 0 Å². The second kappa shape index (κ2) is 6.72. The van der Waals surface area contributed by atoms with Gasteiger partial charge in [0.05, 0.1) is 0 Å². The first kappa shape index (κ1) is 16.0. The van der Waals surface area contributed by atoms with Crippen molar-refractivity contribution in [1.29, 1.82) is 0 Å². The summed E-state index contributed by atoms with van der Waals surface area (Å²) in [6, 6.07) is 0. The molecule has 6 heteroatoms. The van der Waals surface area contributed by atoms with E-state index >= 15 is 0 Å². The Morgan fingerprint density at radius 2 is 2.09 bits per heavy atom. The van der Waals surface area contributed by atoms with Crippen molar-refractivity contribution in [2.45, 2.75) is 46.0 Å². The molecule has 2 saturated heterocycles. The van der Waals surface area contributed by atoms with Gasteiger partial charge in [0.2, 0.25) is 11.9 Å².